The molecule has 0 aromatic carbocycles. The molecule has 0 N–H and O–H groups in total. The van der Waals surface area contributed by atoms with Gasteiger partial charge in [-0.1, -0.05) is 27.7 Å². The van der Waals surface area contributed by atoms with E-state index in [-0.39, 0.29) is 11.9 Å². The molecule has 0 amide bonds. The molecule has 4 heteroatoms. The number of hydrogen-bond acceptors (Lipinski definition) is 4. The molecule has 0 bridgehead atoms. The van der Waals surface area contributed by atoms with E-state index in [0.717, 1.165) is 12.8 Å². The average molecular weight is 282 g/mol. The SMILES string of the molecule is CC(C)COC(=O)C1=C(C(=O)OCC(C)C)CCCC1. The molecule has 4 nitrogen and oxygen atoms in total. The van der Waals surface area contributed by atoms with Crippen molar-refractivity contribution >= 4 is 11.9 Å². The molecule has 1 rings (SSSR count). The highest BCUT2D eigenvalue weighted by Gasteiger charge is 2.26. The van der Waals surface area contributed by atoms with Crippen molar-refractivity contribution in [3.63, 3.8) is 0 Å². The first-order chi connectivity index (χ1) is 9.41. The van der Waals surface area contributed by atoms with Crippen LogP contribution in [0.25, 0.3) is 0 Å². The molecule has 20 heavy (non-hydrogen) atoms. The summed E-state index contributed by atoms with van der Waals surface area (Å²) in [6.45, 7) is 8.72. The first-order valence-electron chi connectivity index (χ1n) is 7.48. The molecule has 0 aromatic rings. The van der Waals surface area contributed by atoms with Gasteiger partial charge in [0.25, 0.3) is 0 Å². The summed E-state index contributed by atoms with van der Waals surface area (Å²) in [6.07, 6.45) is 3.08. The van der Waals surface area contributed by atoms with Gasteiger partial charge in [0, 0.05) is 11.1 Å². The summed E-state index contributed by atoms with van der Waals surface area (Å²) < 4.78 is 10.5. The van der Waals surface area contributed by atoms with E-state index in [9.17, 15) is 9.59 Å². The van der Waals surface area contributed by atoms with E-state index in [1.165, 1.54) is 0 Å². The molecule has 0 unspecified atom stereocenters. The zero-order valence-corrected chi connectivity index (χ0v) is 13.0. The Bertz CT molecular complexity index is 344. The third-order valence-corrected chi connectivity index (χ3v) is 3.06. The predicted molar refractivity (Wildman–Crippen MR) is 77.1 cm³/mol. The van der Waals surface area contributed by atoms with Crippen LogP contribution in [-0.4, -0.2) is 25.2 Å². The Morgan fingerprint density at radius 2 is 1.20 bits per heavy atom. The Hall–Kier alpha value is -1.32. The summed E-state index contributed by atoms with van der Waals surface area (Å²) in [5.74, 6) is -0.122. The highest BCUT2D eigenvalue weighted by molar-refractivity contribution is 6.00. The van der Waals surface area contributed by atoms with Crippen LogP contribution in [0.1, 0.15) is 53.4 Å². The minimum Gasteiger partial charge on any atom is -0.462 e. The van der Waals surface area contributed by atoms with E-state index in [4.69, 9.17) is 9.47 Å². The molecule has 0 atom stereocenters. The zero-order valence-electron chi connectivity index (χ0n) is 13.0. The van der Waals surface area contributed by atoms with Crippen LogP contribution in [0.5, 0.6) is 0 Å². The van der Waals surface area contributed by atoms with E-state index in [1.807, 2.05) is 27.7 Å². The predicted octanol–water partition coefficient (Wildman–Crippen LogP) is 3.26. The summed E-state index contributed by atoms with van der Waals surface area (Å²) in [5.41, 5.74) is 1.04. The largest absolute Gasteiger partial charge is 0.462 e. The van der Waals surface area contributed by atoms with Gasteiger partial charge in [-0.05, 0) is 37.5 Å². The molecule has 1 aliphatic rings. The van der Waals surface area contributed by atoms with Crippen LogP contribution in [0.15, 0.2) is 11.1 Å². The van der Waals surface area contributed by atoms with Crippen molar-refractivity contribution in [2.45, 2.75) is 53.4 Å². The first kappa shape index (κ1) is 16.7. The van der Waals surface area contributed by atoms with Gasteiger partial charge in [-0.2, -0.15) is 0 Å². The second-order valence-electron chi connectivity index (χ2n) is 6.15. The van der Waals surface area contributed by atoms with Crippen LogP contribution >= 0.6 is 0 Å². The van der Waals surface area contributed by atoms with Crippen LogP contribution in [0.4, 0.5) is 0 Å². The Labute approximate surface area is 121 Å². The molecular formula is C16H26O4. The topological polar surface area (TPSA) is 52.6 Å². The number of carbonyl (C=O) groups excluding carboxylic acids is 2. The number of carbonyl (C=O) groups is 2. The molecule has 0 heterocycles. The van der Waals surface area contributed by atoms with Crippen LogP contribution in [-0.2, 0) is 19.1 Å². The molecule has 114 valence electrons. The van der Waals surface area contributed by atoms with Crippen LogP contribution < -0.4 is 0 Å². The Morgan fingerprint density at radius 3 is 1.50 bits per heavy atom. The van der Waals surface area contributed by atoms with Crippen LogP contribution in [0.2, 0.25) is 0 Å². The lowest BCUT2D eigenvalue weighted by Gasteiger charge is -2.19. The van der Waals surface area contributed by atoms with Crippen molar-refractivity contribution in [3.8, 4) is 0 Å². The minimum absolute atomic E-state index is 0.291. The smallest absolute Gasteiger partial charge is 0.334 e. The standard InChI is InChI=1S/C16H26O4/c1-11(2)9-19-15(17)13-7-5-6-8-14(13)16(18)20-10-12(3)4/h11-12H,5-10H2,1-4H3. The van der Waals surface area contributed by atoms with Crippen molar-refractivity contribution in [2.24, 2.45) is 11.8 Å². The van der Waals surface area contributed by atoms with Crippen molar-refractivity contribution in [2.75, 3.05) is 13.2 Å². The molecule has 0 spiro atoms. The Balaban J connectivity index is 2.74. The summed E-state index contributed by atoms with van der Waals surface area (Å²) in [5, 5.41) is 0. The van der Waals surface area contributed by atoms with Gasteiger partial charge in [0.05, 0.1) is 13.2 Å². The highest BCUT2D eigenvalue weighted by atomic mass is 16.5. The molecule has 0 aliphatic heterocycles. The maximum absolute atomic E-state index is 12.1. The van der Waals surface area contributed by atoms with E-state index in [1.54, 1.807) is 0 Å². The lowest BCUT2D eigenvalue weighted by Crippen LogP contribution is -2.21. The monoisotopic (exact) mass is 282 g/mol. The molecular weight excluding hydrogens is 256 g/mol. The van der Waals surface area contributed by atoms with Crippen molar-refractivity contribution in [3.05, 3.63) is 11.1 Å². The van der Waals surface area contributed by atoms with Gasteiger partial charge >= 0.3 is 11.9 Å². The lowest BCUT2D eigenvalue weighted by atomic mass is 9.91. The van der Waals surface area contributed by atoms with E-state index in [2.05, 4.69) is 0 Å². The fourth-order valence-electron chi connectivity index (χ4n) is 2.01. The van der Waals surface area contributed by atoms with Crippen LogP contribution in [0.3, 0.4) is 0 Å². The van der Waals surface area contributed by atoms with Crippen molar-refractivity contribution in [1.29, 1.82) is 0 Å². The zero-order chi connectivity index (χ0) is 15.1. The van der Waals surface area contributed by atoms with Crippen LogP contribution in [0, 0.1) is 11.8 Å². The maximum Gasteiger partial charge on any atom is 0.334 e. The molecule has 1 aliphatic carbocycles. The third-order valence-electron chi connectivity index (χ3n) is 3.06. The van der Waals surface area contributed by atoms with Gasteiger partial charge in [0.2, 0.25) is 0 Å². The van der Waals surface area contributed by atoms with E-state index < -0.39 is 0 Å². The first-order valence-corrected chi connectivity index (χ1v) is 7.48. The summed E-state index contributed by atoms with van der Waals surface area (Å²) in [7, 11) is 0. The van der Waals surface area contributed by atoms with E-state index in [0.29, 0.717) is 49.0 Å². The molecule has 0 fully saturated rings. The van der Waals surface area contributed by atoms with Gasteiger partial charge in [-0.3, -0.25) is 0 Å². The second-order valence-corrected chi connectivity index (χ2v) is 6.15. The number of esters is 2. The number of hydrogen-bond donors (Lipinski definition) is 0. The summed E-state index contributed by atoms with van der Waals surface area (Å²) in [6, 6.07) is 0. The van der Waals surface area contributed by atoms with Gasteiger partial charge in [-0.15, -0.1) is 0 Å². The van der Waals surface area contributed by atoms with Crippen molar-refractivity contribution < 1.29 is 19.1 Å². The second kappa shape index (κ2) is 8.08. The van der Waals surface area contributed by atoms with Gasteiger partial charge < -0.3 is 9.47 Å². The Morgan fingerprint density at radius 1 is 0.850 bits per heavy atom. The number of rotatable bonds is 6. The fourth-order valence-corrected chi connectivity index (χ4v) is 2.01. The minimum atomic E-state index is -0.352. The summed E-state index contributed by atoms with van der Waals surface area (Å²) >= 11 is 0. The summed E-state index contributed by atoms with van der Waals surface area (Å²) in [4.78, 5) is 24.1. The van der Waals surface area contributed by atoms with Gasteiger partial charge in [-0.25, -0.2) is 9.59 Å². The van der Waals surface area contributed by atoms with Gasteiger partial charge in [0.1, 0.15) is 0 Å². The lowest BCUT2D eigenvalue weighted by molar-refractivity contribution is -0.143. The Kier molecular flexibility index (Phi) is 6.76. The molecule has 0 saturated carbocycles. The molecule has 0 saturated heterocycles. The maximum atomic E-state index is 12.1. The third kappa shape index (κ3) is 5.35. The quantitative estimate of drug-likeness (QED) is 0.702. The van der Waals surface area contributed by atoms with Gasteiger partial charge in [0.15, 0.2) is 0 Å². The van der Waals surface area contributed by atoms with Crippen molar-refractivity contribution in [1.82, 2.24) is 0 Å². The normalized spacial score (nSPS) is 15.7. The average Bonchev–Trinajstić information content (AvgIpc) is 2.42. The fraction of sp³-hybridized carbons (Fsp3) is 0.750. The number of ether oxygens (including phenoxy) is 2. The molecule has 0 radical (unpaired) electrons. The highest BCUT2D eigenvalue weighted by Crippen LogP contribution is 2.27. The van der Waals surface area contributed by atoms with E-state index >= 15 is 0 Å². The molecule has 0 aromatic heterocycles.